The van der Waals surface area contributed by atoms with E-state index in [0.29, 0.717) is 16.0 Å². The molecule has 0 fully saturated rings. The lowest BCUT2D eigenvalue weighted by Crippen LogP contribution is -2.12. The maximum atomic E-state index is 12.1. The topological polar surface area (TPSA) is 76.1 Å². The summed E-state index contributed by atoms with van der Waals surface area (Å²) in [7, 11) is 1.62. The lowest BCUT2D eigenvalue weighted by Gasteiger charge is -2.09. The van der Waals surface area contributed by atoms with Crippen LogP contribution in [0.4, 0.5) is 16.0 Å². The number of carbonyl (C=O) groups is 1. The molecular formula is C15H14N4O2S2. The molecule has 1 amide bonds. The van der Waals surface area contributed by atoms with Gasteiger partial charge in [-0.15, -0.1) is 22.7 Å². The number of aryl methyl sites for hydroxylation is 1. The van der Waals surface area contributed by atoms with Gasteiger partial charge < -0.3 is 10.1 Å². The summed E-state index contributed by atoms with van der Waals surface area (Å²) in [5.41, 5.74) is 2.26. The Balaban J connectivity index is 1.74. The molecule has 2 aromatic heterocycles. The molecule has 3 aromatic rings. The monoisotopic (exact) mass is 346 g/mol. The van der Waals surface area contributed by atoms with E-state index in [9.17, 15) is 4.79 Å². The summed E-state index contributed by atoms with van der Waals surface area (Å²) in [6, 6.07) is 5.83. The third kappa shape index (κ3) is 3.66. The molecule has 0 saturated heterocycles. The molecular weight excluding hydrogens is 332 g/mol. The van der Waals surface area contributed by atoms with Gasteiger partial charge >= 0.3 is 0 Å². The number of nitrogens with zero attached hydrogens (tertiary/aromatic N) is 2. The molecule has 23 heavy (non-hydrogen) atoms. The molecule has 8 heteroatoms. The van der Waals surface area contributed by atoms with Crippen LogP contribution in [-0.4, -0.2) is 23.0 Å². The van der Waals surface area contributed by atoms with Crippen molar-refractivity contribution in [2.45, 2.75) is 6.92 Å². The largest absolute Gasteiger partial charge is 0.495 e. The van der Waals surface area contributed by atoms with Gasteiger partial charge in [-0.25, -0.2) is 9.97 Å². The number of amides is 1. The zero-order valence-electron chi connectivity index (χ0n) is 12.5. The predicted molar refractivity (Wildman–Crippen MR) is 93.2 cm³/mol. The molecule has 0 aliphatic carbocycles. The van der Waals surface area contributed by atoms with E-state index in [-0.39, 0.29) is 5.91 Å². The van der Waals surface area contributed by atoms with E-state index in [1.54, 1.807) is 24.1 Å². The summed E-state index contributed by atoms with van der Waals surface area (Å²) in [5.74, 6) is 0.444. The summed E-state index contributed by atoms with van der Waals surface area (Å²) >= 11 is 2.72. The lowest BCUT2D eigenvalue weighted by atomic mass is 10.2. The normalized spacial score (nSPS) is 10.3. The molecule has 0 atom stereocenters. The van der Waals surface area contributed by atoms with Crippen LogP contribution in [0.3, 0.4) is 0 Å². The predicted octanol–water partition coefficient (Wildman–Crippen LogP) is 3.91. The summed E-state index contributed by atoms with van der Waals surface area (Å²) in [6.45, 7) is 2.00. The van der Waals surface area contributed by atoms with Crippen LogP contribution in [0.15, 0.2) is 35.2 Å². The summed E-state index contributed by atoms with van der Waals surface area (Å²) in [4.78, 5) is 20.4. The van der Waals surface area contributed by atoms with Gasteiger partial charge in [-0.3, -0.25) is 10.1 Å². The van der Waals surface area contributed by atoms with Crippen molar-refractivity contribution in [2.75, 3.05) is 17.7 Å². The summed E-state index contributed by atoms with van der Waals surface area (Å²) in [6.07, 6.45) is 1.64. The van der Waals surface area contributed by atoms with Gasteiger partial charge in [-0.2, -0.15) is 0 Å². The van der Waals surface area contributed by atoms with Crippen LogP contribution < -0.4 is 15.4 Å². The molecule has 0 aliphatic heterocycles. The molecule has 0 bridgehead atoms. The minimum absolute atomic E-state index is 0.277. The van der Waals surface area contributed by atoms with Crippen LogP contribution in [0.25, 0.3) is 0 Å². The first-order chi connectivity index (χ1) is 11.2. The summed E-state index contributed by atoms with van der Waals surface area (Å²) < 4.78 is 5.33. The highest BCUT2D eigenvalue weighted by Gasteiger charge is 2.13. The zero-order valence-corrected chi connectivity index (χ0v) is 14.1. The van der Waals surface area contributed by atoms with Crippen molar-refractivity contribution in [2.24, 2.45) is 0 Å². The van der Waals surface area contributed by atoms with E-state index < -0.39 is 0 Å². The van der Waals surface area contributed by atoms with Crippen LogP contribution in [0, 0.1) is 6.92 Å². The number of hydrogen-bond acceptors (Lipinski definition) is 7. The van der Waals surface area contributed by atoms with Gasteiger partial charge in [0.25, 0.3) is 5.91 Å². The van der Waals surface area contributed by atoms with Gasteiger partial charge in [-0.1, -0.05) is 6.07 Å². The fourth-order valence-electron chi connectivity index (χ4n) is 1.92. The first kappa shape index (κ1) is 15.4. The summed E-state index contributed by atoms with van der Waals surface area (Å²) in [5, 5.41) is 10.6. The number of anilines is 3. The molecule has 2 N–H and O–H groups in total. The molecule has 118 valence electrons. The number of ether oxygens (including phenoxy) is 1. The number of methoxy groups -OCH3 is 1. The minimum Gasteiger partial charge on any atom is -0.495 e. The van der Waals surface area contributed by atoms with Crippen LogP contribution in [-0.2, 0) is 0 Å². The van der Waals surface area contributed by atoms with Crippen molar-refractivity contribution in [3.05, 3.63) is 46.4 Å². The number of hydrogen-bond donors (Lipinski definition) is 2. The number of aromatic nitrogens is 2. The molecule has 0 spiro atoms. The highest BCUT2D eigenvalue weighted by atomic mass is 32.1. The van der Waals surface area contributed by atoms with E-state index in [4.69, 9.17) is 4.74 Å². The molecule has 2 heterocycles. The molecule has 0 unspecified atom stereocenters. The van der Waals surface area contributed by atoms with Gasteiger partial charge in [0.15, 0.2) is 10.3 Å². The minimum atomic E-state index is -0.277. The second-order valence-corrected chi connectivity index (χ2v) is 6.41. The van der Waals surface area contributed by atoms with Gasteiger partial charge in [0.2, 0.25) is 0 Å². The fraction of sp³-hybridized carbons (Fsp3) is 0.133. The maximum Gasteiger partial charge on any atom is 0.276 e. The highest BCUT2D eigenvalue weighted by molar-refractivity contribution is 7.14. The van der Waals surface area contributed by atoms with Gasteiger partial charge in [0.05, 0.1) is 12.8 Å². The van der Waals surface area contributed by atoms with E-state index in [2.05, 4.69) is 20.6 Å². The van der Waals surface area contributed by atoms with Gasteiger partial charge in [0.1, 0.15) is 11.4 Å². The maximum absolute atomic E-state index is 12.1. The smallest absolute Gasteiger partial charge is 0.276 e. The Hall–Kier alpha value is -2.45. The van der Waals surface area contributed by atoms with Gasteiger partial charge in [-0.05, 0) is 24.6 Å². The number of benzene rings is 1. The first-order valence-corrected chi connectivity index (χ1v) is 8.49. The Morgan fingerprint density at radius 1 is 1.26 bits per heavy atom. The van der Waals surface area contributed by atoms with Crippen molar-refractivity contribution in [1.82, 2.24) is 9.97 Å². The third-order valence-electron chi connectivity index (χ3n) is 2.99. The fourth-order valence-corrected chi connectivity index (χ4v) is 3.14. The Kier molecular flexibility index (Phi) is 4.54. The number of nitrogens with one attached hydrogen (secondary N) is 2. The quantitative estimate of drug-likeness (QED) is 0.732. The molecule has 0 saturated carbocycles. The van der Waals surface area contributed by atoms with Crippen LogP contribution in [0.2, 0.25) is 0 Å². The van der Waals surface area contributed by atoms with Crippen molar-refractivity contribution >= 4 is 44.5 Å². The van der Waals surface area contributed by atoms with Crippen molar-refractivity contribution in [1.29, 1.82) is 0 Å². The second kappa shape index (κ2) is 6.76. The number of carbonyl (C=O) groups excluding carboxylic acids is 1. The van der Waals surface area contributed by atoms with Crippen molar-refractivity contribution in [3.63, 3.8) is 0 Å². The van der Waals surface area contributed by atoms with Crippen LogP contribution >= 0.6 is 22.7 Å². The number of rotatable bonds is 5. The Bertz CT molecular complexity index is 815. The first-order valence-electron chi connectivity index (χ1n) is 6.74. The SMILES string of the molecule is COc1ccc(C)cc1Nc1nc(C(=O)Nc2nccs2)cs1. The van der Waals surface area contributed by atoms with Crippen molar-refractivity contribution < 1.29 is 9.53 Å². The lowest BCUT2D eigenvalue weighted by molar-refractivity contribution is 0.102. The van der Waals surface area contributed by atoms with Crippen LogP contribution in [0.5, 0.6) is 5.75 Å². The average molecular weight is 346 g/mol. The highest BCUT2D eigenvalue weighted by Crippen LogP contribution is 2.30. The van der Waals surface area contributed by atoms with E-state index in [0.717, 1.165) is 17.0 Å². The van der Waals surface area contributed by atoms with Crippen LogP contribution in [0.1, 0.15) is 16.1 Å². The Labute approximate surface area is 141 Å². The second-order valence-electron chi connectivity index (χ2n) is 4.66. The molecule has 6 nitrogen and oxygen atoms in total. The van der Waals surface area contributed by atoms with Crippen molar-refractivity contribution in [3.8, 4) is 5.75 Å². The molecule has 0 radical (unpaired) electrons. The average Bonchev–Trinajstić information content (AvgIpc) is 3.19. The van der Waals surface area contributed by atoms with E-state index >= 15 is 0 Å². The zero-order chi connectivity index (χ0) is 16.2. The third-order valence-corrected chi connectivity index (χ3v) is 4.43. The Morgan fingerprint density at radius 2 is 2.13 bits per heavy atom. The standard InChI is InChI=1S/C15H14N4O2S2/c1-9-3-4-12(21-2)10(7-9)17-15-18-11(8-23-15)13(20)19-14-16-5-6-22-14/h3-8H,1-2H3,(H,17,18)(H,16,19,20). The van der Waals surface area contributed by atoms with E-state index in [1.807, 2.05) is 25.1 Å². The molecule has 3 rings (SSSR count). The molecule has 0 aliphatic rings. The van der Waals surface area contributed by atoms with Gasteiger partial charge in [0, 0.05) is 17.0 Å². The number of thiazole rings is 2. The Morgan fingerprint density at radius 3 is 2.87 bits per heavy atom. The molecule has 1 aromatic carbocycles. The van der Waals surface area contributed by atoms with E-state index in [1.165, 1.54) is 22.7 Å².